The second-order valence-electron chi connectivity index (χ2n) is 9.81. The minimum atomic E-state index is -1.03. The number of aromatic nitrogens is 1. The molecule has 3 aromatic carbocycles. The van der Waals surface area contributed by atoms with Crippen molar-refractivity contribution in [1.29, 1.82) is 0 Å². The van der Waals surface area contributed by atoms with Gasteiger partial charge in [0.2, 0.25) is 11.8 Å². The van der Waals surface area contributed by atoms with Crippen molar-refractivity contribution in [2.45, 2.75) is 11.3 Å². The average molecular weight is 499 g/mol. The summed E-state index contributed by atoms with van der Waals surface area (Å²) in [5, 5.41) is 4.43. The van der Waals surface area contributed by atoms with Gasteiger partial charge in [0.15, 0.2) is 0 Å². The molecule has 0 saturated carbocycles. The van der Waals surface area contributed by atoms with Crippen molar-refractivity contribution < 1.29 is 14.4 Å². The molecule has 38 heavy (non-hydrogen) atoms. The Morgan fingerprint density at radius 1 is 0.816 bits per heavy atom. The van der Waals surface area contributed by atoms with Crippen LogP contribution in [0.15, 0.2) is 108 Å². The molecule has 8 rings (SSSR count). The Hall–Kier alpha value is -4.91. The standard InChI is InChI=1S/C31H22N4O3/c36-28(19-14-16-32-17-15-19)34-33-18-31-23-12-6-4-10-21(23)25(22-11-5-7-13-24(22)31)26-27(31)30(38)35(29(26)37)20-8-2-1-3-9-20/h1-18,25-27H,(H,34,36)/b33-18-/t25?,26-,27+,31?/m1/s1. The first kappa shape index (κ1) is 22.3. The Kier molecular flexibility index (Phi) is 4.88. The zero-order valence-electron chi connectivity index (χ0n) is 20.2. The summed E-state index contributed by atoms with van der Waals surface area (Å²) in [4.78, 5) is 46.4. The van der Waals surface area contributed by atoms with Gasteiger partial charge in [-0.25, -0.2) is 10.3 Å². The second-order valence-corrected chi connectivity index (χ2v) is 9.81. The summed E-state index contributed by atoms with van der Waals surface area (Å²) in [7, 11) is 0. The van der Waals surface area contributed by atoms with E-state index in [4.69, 9.17) is 0 Å². The normalized spacial score (nSPS) is 24.7. The van der Waals surface area contributed by atoms with E-state index in [9.17, 15) is 14.4 Å². The van der Waals surface area contributed by atoms with Crippen LogP contribution in [-0.2, 0) is 15.0 Å². The van der Waals surface area contributed by atoms with Crippen molar-refractivity contribution in [3.63, 3.8) is 0 Å². The van der Waals surface area contributed by atoms with Crippen LogP contribution in [0.1, 0.15) is 38.5 Å². The van der Waals surface area contributed by atoms with E-state index in [1.165, 1.54) is 17.3 Å². The summed E-state index contributed by atoms with van der Waals surface area (Å²) in [6.45, 7) is 0. The number of hydrazone groups is 1. The highest BCUT2D eigenvalue weighted by atomic mass is 16.2. The molecule has 3 amide bonds. The van der Waals surface area contributed by atoms with E-state index in [0.29, 0.717) is 11.3 Å². The number of hydrogen-bond acceptors (Lipinski definition) is 5. The number of benzene rings is 3. The minimum absolute atomic E-state index is 0.209. The molecule has 1 aliphatic heterocycles. The number of carbonyl (C=O) groups excluding carboxylic acids is 3. The predicted molar refractivity (Wildman–Crippen MR) is 142 cm³/mol. The molecule has 1 fully saturated rings. The molecule has 0 spiro atoms. The van der Waals surface area contributed by atoms with Crippen LogP contribution in [0.4, 0.5) is 5.69 Å². The van der Waals surface area contributed by atoms with Crippen LogP contribution in [0.2, 0.25) is 0 Å². The van der Waals surface area contributed by atoms with Gasteiger partial charge < -0.3 is 0 Å². The van der Waals surface area contributed by atoms with Crippen LogP contribution in [-0.4, -0.2) is 28.9 Å². The lowest BCUT2D eigenvalue weighted by atomic mass is 9.47. The first-order valence-electron chi connectivity index (χ1n) is 12.5. The van der Waals surface area contributed by atoms with Crippen molar-refractivity contribution in [2.75, 3.05) is 4.90 Å². The van der Waals surface area contributed by atoms with Crippen molar-refractivity contribution in [1.82, 2.24) is 10.4 Å². The highest BCUT2D eigenvalue weighted by Crippen LogP contribution is 2.63. The summed E-state index contributed by atoms with van der Waals surface area (Å²) in [5.74, 6) is -2.39. The molecule has 1 aromatic heterocycles. The Labute approximate surface area is 218 Å². The van der Waals surface area contributed by atoms with Gasteiger partial charge in [-0.1, -0.05) is 66.7 Å². The van der Waals surface area contributed by atoms with E-state index >= 15 is 0 Å². The van der Waals surface area contributed by atoms with Gasteiger partial charge in [-0.15, -0.1) is 0 Å². The van der Waals surface area contributed by atoms with Gasteiger partial charge in [-0.05, 0) is 46.5 Å². The summed E-state index contributed by atoms with van der Waals surface area (Å²) < 4.78 is 0. The molecule has 1 N–H and O–H groups in total. The Morgan fingerprint density at radius 2 is 1.42 bits per heavy atom. The number of para-hydroxylation sites is 1. The lowest BCUT2D eigenvalue weighted by Gasteiger charge is -2.52. The molecule has 0 radical (unpaired) electrons. The number of imide groups is 1. The first-order valence-corrected chi connectivity index (χ1v) is 12.5. The maximum absolute atomic E-state index is 14.2. The second kappa shape index (κ2) is 8.31. The van der Waals surface area contributed by atoms with Crippen LogP contribution in [0.5, 0.6) is 0 Å². The van der Waals surface area contributed by atoms with Crippen LogP contribution in [0.25, 0.3) is 0 Å². The van der Waals surface area contributed by atoms with Crippen molar-refractivity contribution >= 4 is 29.6 Å². The third-order valence-electron chi connectivity index (χ3n) is 8.08. The lowest BCUT2D eigenvalue weighted by Crippen LogP contribution is -2.54. The summed E-state index contributed by atoms with van der Waals surface area (Å²) in [5.41, 5.74) is 6.46. The summed E-state index contributed by atoms with van der Waals surface area (Å²) >= 11 is 0. The number of hydrogen-bond donors (Lipinski definition) is 1. The maximum Gasteiger partial charge on any atom is 0.271 e. The fourth-order valence-corrected chi connectivity index (χ4v) is 6.64. The molecular formula is C31H22N4O3. The molecule has 2 bridgehead atoms. The molecular weight excluding hydrogens is 476 g/mol. The van der Waals surface area contributed by atoms with Gasteiger partial charge in [0.1, 0.15) is 0 Å². The number of amides is 3. The number of carbonyl (C=O) groups is 3. The van der Waals surface area contributed by atoms with E-state index in [2.05, 4.69) is 15.5 Å². The van der Waals surface area contributed by atoms with Gasteiger partial charge in [0, 0.05) is 30.1 Å². The highest BCUT2D eigenvalue weighted by molar-refractivity contribution is 6.25. The third-order valence-corrected chi connectivity index (χ3v) is 8.08. The smallest absolute Gasteiger partial charge is 0.271 e. The van der Waals surface area contributed by atoms with E-state index in [-0.39, 0.29) is 23.6 Å². The topological polar surface area (TPSA) is 91.7 Å². The van der Waals surface area contributed by atoms with E-state index in [1.807, 2.05) is 66.7 Å². The number of anilines is 1. The SMILES string of the molecule is O=C(N/N=C\C12c3ccccc3C(c3ccccc31)[C@H]1C(=O)N(c3ccccc3)C(=O)[C@H]12)c1ccncc1. The highest BCUT2D eigenvalue weighted by Gasteiger charge is 2.68. The van der Waals surface area contributed by atoms with E-state index in [0.717, 1.165) is 22.3 Å². The predicted octanol–water partition coefficient (Wildman–Crippen LogP) is 4.05. The van der Waals surface area contributed by atoms with Crippen LogP contribution < -0.4 is 10.3 Å². The Balaban J connectivity index is 1.42. The van der Waals surface area contributed by atoms with Crippen LogP contribution in [0, 0.1) is 11.8 Å². The molecule has 7 nitrogen and oxygen atoms in total. The quantitative estimate of drug-likeness (QED) is 0.261. The molecule has 184 valence electrons. The number of rotatable bonds is 4. The zero-order chi connectivity index (χ0) is 25.9. The Morgan fingerprint density at radius 3 is 2.08 bits per heavy atom. The summed E-state index contributed by atoms with van der Waals surface area (Å²) in [6.07, 6.45) is 4.74. The minimum Gasteiger partial charge on any atom is -0.274 e. The molecule has 3 aliphatic carbocycles. The number of pyridine rings is 1. The maximum atomic E-state index is 14.2. The molecule has 2 atom stereocenters. The monoisotopic (exact) mass is 498 g/mol. The summed E-state index contributed by atoms with van der Waals surface area (Å²) in [6, 6.07) is 28.2. The van der Waals surface area contributed by atoms with Crippen molar-refractivity contribution in [2.24, 2.45) is 16.9 Å². The molecule has 0 unspecified atom stereocenters. The van der Waals surface area contributed by atoms with Crippen LogP contribution in [0.3, 0.4) is 0 Å². The molecule has 4 aromatic rings. The average Bonchev–Trinajstić information content (AvgIpc) is 3.24. The van der Waals surface area contributed by atoms with E-state index < -0.39 is 17.3 Å². The van der Waals surface area contributed by atoms with Gasteiger partial charge in [-0.2, -0.15) is 5.10 Å². The van der Waals surface area contributed by atoms with Gasteiger partial charge in [0.25, 0.3) is 5.91 Å². The lowest BCUT2D eigenvalue weighted by molar-refractivity contribution is -0.122. The molecule has 1 saturated heterocycles. The Bertz CT molecular complexity index is 1590. The van der Waals surface area contributed by atoms with Crippen molar-refractivity contribution in [3.05, 3.63) is 131 Å². The van der Waals surface area contributed by atoms with E-state index in [1.54, 1.807) is 30.5 Å². The fraction of sp³-hybridized carbons (Fsp3) is 0.129. The van der Waals surface area contributed by atoms with Gasteiger partial charge in [-0.3, -0.25) is 19.4 Å². The first-order chi connectivity index (χ1) is 18.6. The number of nitrogens with zero attached hydrogens (tertiary/aromatic N) is 3. The zero-order valence-corrected chi connectivity index (χ0v) is 20.2. The van der Waals surface area contributed by atoms with Gasteiger partial charge in [0.05, 0.1) is 22.9 Å². The molecule has 2 heterocycles. The largest absolute Gasteiger partial charge is 0.274 e. The molecule has 4 aliphatic rings. The van der Waals surface area contributed by atoms with Gasteiger partial charge >= 0.3 is 0 Å². The molecule has 7 heteroatoms. The third kappa shape index (κ3) is 2.93. The van der Waals surface area contributed by atoms with Crippen molar-refractivity contribution in [3.8, 4) is 0 Å². The number of nitrogens with one attached hydrogen (secondary N) is 1. The fourth-order valence-electron chi connectivity index (χ4n) is 6.64. The van der Waals surface area contributed by atoms with Crippen LogP contribution >= 0.6 is 0 Å².